The van der Waals surface area contributed by atoms with Gasteiger partial charge in [0.15, 0.2) is 0 Å². The van der Waals surface area contributed by atoms with E-state index < -0.39 is 0 Å². The third-order valence-corrected chi connectivity index (χ3v) is 6.69. The topological polar surface area (TPSA) is 24.3 Å². The number of benzene rings is 3. The van der Waals surface area contributed by atoms with Crippen LogP contribution in [-0.4, -0.2) is 21.8 Å². The minimum absolute atomic E-state index is 0.00817. The summed E-state index contributed by atoms with van der Waals surface area (Å²) in [6.07, 6.45) is 0.139. The third kappa shape index (κ3) is 3.26. The summed E-state index contributed by atoms with van der Waals surface area (Å²) in [6, 6.07) is 30.6. The highest BCUT2D eigenvalue weighted by Gasteiger charge is 2.51. The zero-order valence-corrected chi connectivity index (χ0v) is 19.6. The van der Waals surface area contributed by atoms with E-state index in [1.54, 1.807) is 0 Å². The van der Waals surface area contributed by atoms with Crippen LogP contribution in [0.2, 0.25) is 0 Å². The van der Waals surface area contributed by atoms with E-state index in [1.165, 1.54) is 11.3 Å². The minimum Gasteiger partial charge on any atom is -0.341 e. The molecule has 2 unspecified atom stereocenters. The van der Waals surface area contributed by atoms with Gasteiger partial charge in [-0.1, -0.05) is 81.4 Å². The van der Waals surface area contributed by atoms with Gasteiger partial charge < -0.3 is 14.4 Å². The van der Waals surface area contributed by atoms with Crippen molar-refractivity contribution in [3.8, 4) is 0 Å². The molecule has 164 valence electrons. The van der Waals surface area contributed by atoms with Crippen LogP contribution in [0.4, 0.5) is 11.6 Å². The molecule has 1 saturated heterocycles. The van der Waals surface area contributed by atoms with Crippen LogP contribution in [-0.2, 0) is 7.05 Å². The van der Waals surface area contributed by atoms with Crippen molar-refractivity contribution in [2.45, 2.75) is 45.9 Å². The molecular weight excluding hydrogens is 392 g/mol. The molecule has 0 amide bonds. The number of imidazole rings is 1. The minimum atomic E-state index is -0.00817. The van der Waals surface area contributed by atoms with Gasteiger partial charge in [-0.25, -0.2) is 4.98 Å². The highest BCUT2D eigenvalue weighted by molar-refractivity contribution is 5.79. The van der Waals surface area contributed by atoms with Gasteiger partial charge in [0.1, 0.15) is 6.17 Å². The van der Waals surface area contributed by atoms with Gasteiger partial charge in [-0.15, -0.1) is 0 Å². The van der Waals surface area contributed by atoms with Crippen molar-refractivity contribution in [1.29, 1.82) is 0 Å². The summed E-state index contributed by atoms with van der Waals surface area (Å²) >= 11 is 0. The third-order valence-electron chi connectivity index (χ3n) is 6.69. The van der Waals surface area contributed by atoms with Crippen LogP contribution < -0.4 is 9.80 Å². The number of fused-ring (bicyclic) bond motifs is 1. The molecular formula is C28H32N4. The number of rotatable bonds is 3. The van der Waals surface area contributed by atoms with Gasteiger partial charge in [0.2, 0.25) is 5.95 Å². The molecule has 4 aromatic rings. The Hall–Kier alpha value is -3.27. The first-order chi connectivity index (χ1) is 15.4. The van der Waals surface area contributed by atoms with Gasteiger partial charge in [0, 0.05) is 18.2 Å². The number of anilines is 2. The second-order valence-electron chi connectivity index (χ2n) is 9.95. The molecule has 1 aromatic heterocycles. The van der Waals surface area contributed by atoms with Crippen LogP contribution in [0.5, 0.6) is 0 Å². The molecule has 2 heterocycles. The molecule has 0 radical (unpaired) electrons. The molecule has 0 spiro atoms. The Labute approximate surface area is 191 Å². The summed E-state index contributed by atoms with van der Waals surface area (Å²) in [5.74, 6) is 1.03. The van der Waals surface area contributed by atoms with Crippen LogP contribution in [0.3, 0.4) is 0 Å². The summed E-state index contributed by atoms with van der Waals surface area (Å²) in [5, 5.41) is 0. The molecule has 3 aromatic carbocycles. The molecule has 4 heteroatoms. The van der Waals surface area contributed by atoms with Gasteiger partial charge in [0.25, 0.3) is 0 Å². The Bertz CT molecular complexity index is 1210. The van der Waals surface area contributed by atoms with E-state index >= 15 is 0 Å². The second kappa shape index (κ2) is 7.70. The van der Waals surface area contributed by atoms with E-state index in [0.717, 1.165) is 17.0 Å². The fourth-order valence-corrected chi connectivity index (χ4v) is 5.37. The number of para-hydroxylation sites is 3. The monoisotopic (exact) mass is 424 g/mol. The summed E-state index contributed by atoms with van der Waals surface area (Å²) in [5.41, 5.74) is 4.77. The van der Waals surface area contributed by atoms with Crippen LogP contribution in [0, 0.1) is 5.41 Å². The first-order valence-corrected chi connectivity index (χ1v) is 11.5. The fourth-order valence-electron chi connectivity index (χ4n) is 5.37. The quantitative estimate of drug-likeness (QED) is 0.380. The van der Waals surface area contributed by atoms with Crippen LogP contribution in [0.1, 0.15) is 39.3 Å². The van der Waals surface area contributed by atoms with E-state index in [4.69, 9.17) is 4.98 Å². The molecule has 0 bridgehead atoms. The first kappa shape index (κ1) is 20.6. The summed E-state index contributed by atoms with van der Waals surface area (Å²) < 4.78 is 2.25. The summed E-state index contributed by atoms with van der Waals surface area (Å²) in [6.45, 7) is 9.36. The van der Waals surface area contributed by atoms with Gasteiger partial charge >= 0.3 is 0 Å². The number of nitrogens with zero attached hydrogens (tertiary/aromatic N) is 4. The molecule has 4 nitrogen and oxygen atoms in total. The Balaban J connectivity index is 1.75. The lowest BCUT2D eigenvalue weighted by Crippen LogP contribution is -2.50. The molecule has 1 aliphatic rings. The molecule has 3 atom stereocenters. The summed E-state index contributed by atoms with van der Waals surface area (Å²) in [4.78, 5) is 10.3. The smallest absolute Gasteiger partial charge is 0.208 e. The van der Waals surface area contributed by atoms with E-state index in [9.17, 15) is 0 Å². The van der Waals surface area contributed by atoms with Crippen molar-refractivity contribution >= 4 is 22.7 Å². The van der Waals surface area contributed by atoms with Gasteiger partial charge in [-0.3, -0.25) is 0 Å². The maximum absolute atomic E-state index is 5.13. The van der Waals surface area contributed by atoms with Gasteiger partial charge in [0.05, 0.1) is 23.1 Å². The van der Waals surface area contributed by atoms with E-state index in [1.807, 2.05) is 0 Å². The van der Waals surface area contributed by atoms with Gasteiger partial charge in [-0.05, 0) is 36.8 Å². The van der Waals surface area contributed by atoms with Crippen LogP contribution in [0.25, 0.3) is 11.0 Å². The Morgan fingerprint density at radius 2 is 1.34 bits per heavy atom. The van der Waals surface area contributed by atoms with Crippen LogP contribution >= 0.6 is 0 Å². The molecule has 0 saturated carbocycles. The fraction of sp³-hybridized carbons (Fsp3) is 0.321. The predicted molar refractivity (Wildman–Crippen MR) is 134 cm³/mol. The van der Waals surface area contributed by atoms with Crippen LogP contribution in [0.15, 0.2) is 84.9 Å². The molecule has 0 aliphatic carbocycles. The normalized spacial score (nSPS) is 21.5. The lowest BCUT2D eigenvalue weighted by molar-refractivity contribution is 0.313. The number of hydrogen-bond donors (Lipinski definition) is 0. The summed E-state index contributed by atoms with van der Waals surface area (Å²) in [7, 11) is 2.14. The van der Waals surface area contributed by atoms with Crippen molar-refractivity contribution in [3.63, 3.8) is 0 Å². The molecule has 1 aliphatic heterocycles. The molecule has 1 fully saturated rings. The van der Waals surface area contributed by atoms with Gasteiger partial charge in [-0.2, -0.15) is 0 Å². The van der Waals surface area contributed by atoms with Crippen molar-refractivity contribution in [1.82, 2.24) is 9.55 Å². The maximum atomic E-state index is 5.13. The number of hydrogen-bond acceptors (Lipinski definition) is 3. The van der Waals surface area contributed by atoms with Crippen molar-refractivity contribution in [3.05, 3.63) is 90.5 Å². The SMILES string of the molecule is C[C@H]1C(c2ccccc2)N(c2ccccc2)C(C(C)(C)C)N1c1nc2ccccc2n1C. The number of aromatic nitrogens is 2. The Kier molecular flexibility index (Phi) is 4.96. The number of aryl methyl sites for hydroxylation is 1. The molecule has 32 heavy (non-hydrogen) atoms. The van der Waals surface area contributed by atoms with E-state index in [0.29, 0.717) is 0 Å². The highest BCUT2D eigenvalue weighted by atomic mass is 15.5. The van der Waals surface area contributed by atoms with Crippen molar-refractivity contribution in [2.24, 2.45) is 12.5 Å². The average Bonchev–Trinajstić information content (AvgIpc) is 3.29. The van der Waals surface area contributed by atoms with Crippen molar-refractivity contribution < 1.29 is 0 Å². The predicted octanol–water partition coefficient (Wildman–Crippen LogP) is 6.40. The highest BCUT2D eigenvalue weighted by Crippen LogP contribution is 2.48. The molecule has 0 N–H and O–H groups in total. The van der Waals surface area contributed by atoms with Crippen molar-refractivity contribution in [2.75, 3.05) is 9.80 Å². The molecule has 5 rings (SSSR count). The second-order valence-corrected chi connectivity index (χ2v) is 9.95. The zero-order valence-electron chi connectivity index (χ0n) is 19.6. The average molecular weight is 425 g/mol. The largest absolute Gasteiger partial charge is 0.341 e. The van der Waals surface area contributed by atoms with E-state index in [2.05, 4.69) is 134 Å². The zero-order chi connectivity index (χ0) is 22.5. The Morgan fingerprint density at radius 1 is 0.750 bits per heavy atom. The van der Waals surface area contributed by atoms with E-state index in [-0.39, 0.29) is 23.7 Å². The lowest BCUT2D eigenvalue weighted by atomic mass is 9.90. The first-order valence-electron chi connectivity index (χ1n) is 11.5. The lowest BCUT2D eigenvalue weighted by Gasteiger charge is -2.42. The Morgan fingerprint density at radius 3 is 1.97 bits per heavy atom. The maximum Gasteiger partial charge on any atom is 0.208 e. The standard InChI is InChI=1S/C28H32N4/c1-20-25(21-14-8-6-9-15-21)32(22-16-10-7-11-17-22)26(28(2,3)4)31(20)27-29-23-18-12-13-19-24(23)30(27)5/h6-20,25-26H,1-5H3/t20-,25?,26?/m0/s1.